The van der Waals surface area contributed by atoms with E-state index in [1.807, 2.05) is 4.90 Å². The third-order valence-electron chi connectivity index (χ3n) is 4.02. The summed E-state index contributed by atoms with van der Waals surface area (Å²) in [6.07, 6.45) is 4.98. The molecule has 0 aromatic heterocycles. The number of likely N-dealkylation sites (tertiary alicyclic amines) is 1. The van der Waals surface area contributed by atoms with Crippen LogP contribution in [0.25, 0.3) is 0 Å². The van der Waals surface area contributed by atoms with E-state index in [2.05, 4.69) is 0 Å². The zero-order chi connectivity index (χ0) is 10.2. The lowest BCUT2D eigenvalue weighted by Crippen LogP contribution is -2.29. The molecular weight excluding hydrogens is 176 g/mol. The van der Waals surface area contributed by atoms with Crippen molar-refractivity contribution in [2.45, 2.75) is 32.6 Å². The number of nitrogens with zero attached hydrogens (tertiary/aromatic N) is 1. The van der Waals surface area contributed by atoms with Gasteiger partial charge in [-0.05, 0) is 43.6 Å². The van der Waals surface area contributed by atoms with Crippen molar-refractivity contribution in [3.63, 3.8) is 0 Å². The maximum Gasteiger partial charge on any atom is 0.219 e. The standard InChI is InChI=1S/C11H20N2O/c1-9(14)13-5-4-11(8-13)3-2-10(6-11)7-12/h10H,2-8,12H2,1H3/t10-,11+/m1/s1. The normalized spacial score (nSPS) is 37.0. The molecule has 0 radical (unpaired) electrons. The van der Waals surface area contributed by atoms with Gasteiger partial charge in [-0.2, -0.15) is 0 Å². The number of rotatable bonds is 1. The van der Waals surface area contributed by atoms with Crippen LogP contribution in [0.3, 0.4) is 0 Å². The SMILES string of the molecule is CC(=O)N1CC[C@]2(CC[C@@H](CN)C2)C1. The van der Waals surface area contributed by atoms with Gasteiger partial charge in [0.15, 0.2) is 0 Å². The molecule has 1 heterocycles. The Bertz CT molecular complexity index is 241. The van der Waals surface area contributed by atoms with Crippen LogP contribution in [0.4, 0.5) is 0 Å². The molecule has 2 fully saturated rings. The van der Waals surface area contributed by atoms with Crippen LogP contribution in [0.5, 0.6) is 0 Å². The minimum absolute atomic E-state index is 0.234. The van der Waals surface area contributed by atoms with E-state index in [1.54, 1.807) is 6.92 Å². The van der Waals surface area contributed by atoms with Gasteiger partial charge in [0.05, 0.1) is 0 Å². The molecule has 1 amide bonds. The van der Waals surface area contributed by atoms with Crippen molar-refractivity contribution in [1.29, 1.82) is 0 Å². The van der Waals surface area contributed by atoms with Crippen molar-refractivity contribution in [1.82, 2.24) is 4.90 Å². The van der Waals surface area contributed by atoms with Crippen LogP contribution in [0.2, 0.25) is 0 Å². The van der Waals surface area contributed by atoms with Gasteiger partial charge in [-0.15, -0.1) is 0 Å². The van der Waals surface area contributed by atoms with Crippen molar-refractivity contribution < 1.29 is 4.79 Å². The van der Waals surface area contributed by atoms with E-state index in [-0.39, 0.29) is 5.91 Å². The third-order valence-corrected chi connectivity index (χ3v) is 4.02. The Labute approximate surface area is 85.6 Å². The first kappa shape index (κ1) is 9.97. The largest absolute Gasteiger partial charge is 0.342 e. The highest BCUT2D eigenvalue weighted by Crippen LogP contribution is 2.47. The van der Waals surface area contributed by atoms with E-state index in [0.717, 1.165) is 19.6 Å². The zero-order valence-corrected chi connectivity index (χ0v) is 8.96. The van der Waals surface area contributed by atoms with Crippen molar-refractivity contribution in [2.75, 3.05) is 19.6 Å². The van der Waals surface area contributed by atoms with Crippen molar-refractivity contribution in [3.8, 4) is 0 Å². The number of hydrogen-bond donors (Lipinski definition) is 1. The molecule has 0 unspecified atom stereocenters. The molecule has 2 rings (SSSR count). The molecule has 14 heavy (non-hydrogen) atoms. The van der Waals surface area contributed by atoms with Crippen LogP contribution in [-0.2, 0) is 4.79 Å². The average molecular weight is 196 g/mol. The molecule has 2 atom stereocenters. The smallest absolute Gasteiger partial charge is 0.219 e. The van der Waals surface area contributed by atoms with Crippen molar-refractivity contribution in [3.05, 3.63) is 0 Å². The molecule has 0 aromatic rings. The van der Waals surface area contributed by atoms with Gasteiger partial charge in [0.25, 0.3) is 0 Å². The molecule has 3 nitrogen and oxygen atoms in total. The fourth-order valence-electron chi connectivity index (χ4n) is 3.10. The Morgan fingerprint density at radius 1 is 1.57 bits per heavy atom. The lowest BCUT2D eigenvalue weighted by atomic mass is 9.84. The molecule has 1 aliphatic heterocycles. The highest BCUT2D eigenvalue weighted by molar-refractivity contribution is 5.73. The number of carbonyl (C=O) groups excluding carboxylic acids is 1. The van der Waals surface area contributed by atoms with Crippen molar-refractivity contribution in [2.24, 2.45) is 17.1 Å². The lowest BCUT2D eigenvalue weighted by Gasteiger charge is -2.23. The molecule has 3 heteroatoms. The van der Waals surface area contributed by atoms with E-state index in [9.17, 15) is 4.79 Å². The third kappa shape index (κ3) is 1.65. The summed E-state index contributed by atoms with van der Waals surface area (Å²) in [5.74, 6) is 0.944. The van der Waals surface area contributed by atoms with Crippen LogP contribution in [0.1, 0.15) is 32.6 Å². The van der Waals surface area contributed by atoms with Gasteiger partial charge in [0, 0.05) is 20.0 Å². The quantitative estimate of drug-likeness (QED) is 0.679. The maximum absolute atomic E-state index is 11.2. The lowest BCUT2D eigenvalue weighted by molar-refractivity contribution is -0.128. The van der Waals surface area contributed by atoms with Gasteiger partial charge in [0.1, 0.15) is 0 Å². The molecule has 80 valence electrons. The molecule has 1 saturated carbocycles. The Balaban J connectivity index is 1.97. The summed E-state index contributed by atoms with van der Waals surface area (Å²) in [6, 6.07) is 0. The molecule has 1 saturated heterocycles. The Morgan fingerprint density at radius 2 is 2.36 bits per heavy atom. The molecule has 1 aliphatic carbocycles. The molecule has 2 aliphatic rings. The number of hydrogen-bond acceptors (Lipinski definition) is 2. The van der Waals surface area contributed by atoms with Crippen LogP contribution in [-0.4, -0.2) is 30.4 Å². The fourth-order valence-corrected chi connectivity index (χ4v) is 3.10. The molecule has 0 aromatic carbocycles. The highest BCUT2D eigenvalue weighted by Gasteiger charge is 2.44. The first-order valence-electron chi connectivity index (χ1n) is 5.61. The van der Waals surface area contributed by atoms with E-state index in [0.29, 0.717) is 11.3 Å². The monoisotopic (exact) mass is 196 g/mol. The summed E-state index contributed by atoms with van der Waals surface area (Å²) in [4.78, 5) is 13.2. The van der Waals surface area contributed by atoms with E-state index in [1.165, 1.54) is 25.7 Å². The van der Waals surface area contributed by atoms with Crippen LogP contribution in [0.15, 0.2) is 0 Å². The van der Waals surface area contributed by atoms with Gasteiger partial charge in [-0.25, -0.2) is 0 Å². The summed E-state index contributed by atoms with van der Waals surface area (Å²) < 4.78 is 0. The summed E-state index contributed by atoms with van der Waals surface area (Å²) in [7, 11) is 0. The van der Waals surface area contributed by atoms with Crippen molar-refractivity contribution >= 4 is 5.91 Å². The minimum atomic E-state index is 0.234. The van der Waals surface area contributed by atoms with E-state index < -0.39 is 0 Å². The first-order chi connectivity index (χ1) is 6.65. The Morgan fingerprint density at radius 3 is 2.86 bits per heavy atom. The predicted molar refractivity (Wildman–Crippen MR) is 55.7 cm³/mol. The number of amides is 1. The summed E-state index contributed by atoms with van der Waals surface area (Å²) in [6.45, 7) is 4.45. The van der Waals surface area contributed by atoms with Crippen LogP contribution in [0, 0.1) is 11.3 Å². The topological polar surface area (TPSA) is 46.3 Å². The zero-order valence-electron chi connectivity index (χ0n) is 8.96. The Hall–Kier alpha value is -0.570. The summed E-state index contributed by atoms with van der Waals surface area (Å²) in [5, 5.41) is 0. The van der Waals surface area contributed by atoms with Gasteiger partial charge in [0.2, 0.25) is 5.91 Å². The first-order valence-corrected chi connectivity index (χ1v) is 5.61. The second-order valence-corrected chi connectivity index (χ2v) is 5.04. The number of nitrogens with two attached hydrogens (primary N) is 1. The molecule has 1 spiro atoms. The van der Waals surface area contributed by atoms with Gasteiger partial charge < -0.3 is 10.6 Å². The van der Waals surface area contributed by atoms with Gasteiger partial charge in [-0.1, -0.05) is 0 Å². The van der Waals surface area contributed by atoms with Crippen LogP contribution >= 0.6 is 0 Å². The Kier molecular flexibility index (Phi) is 2.52. The molecule has 0 bridgehead atoms. The van der Waals surface area contributed by atoms with Gasteiger partial charge >= 0.3 is 0 Å². The second-order valence-electron chi connectivity index (χ2n) is 5.04. The molecule has 2 N–H and O–H groups in total. The summed E-state index contributed by atoms with van der Waals surface area (Å²) in [5.41, 5.74) is 6.14. The highest BCUT2D eigenvalue weighted by atomic mass is 16.2. The number of carbonyl (C=O) groups is 1. The van der Waals surface area contributed by atoms with Crippen LogP contribution < -0.4 is 5.73 Å². The van der Waals surface area contributed by atoms with E-state index in [4.69, 9.17) is 5.73 Å². The molecular formula is C11H20N2O. The fraction of sp³-hybridized carbons (Fsp3) is 0.909. The van der Waals surface area contributed by atoms with E-state index >= 15 is 0 Å². The average Bonchev–Trinajstić information content (AvgIpc) is 2.74. The predicted octanol–water partition coefficient (Wildman–Crippen LogP) is 0.984. The van der Waals surface area contributed by atoms with Gasteiger partial charge in [-0.3, -0.25) is 4.79 Å². The summed E-state index contributed by atoms with van der Waals surface area (Å²) >= 11 is 0. The minimum Gasteiger partial charge on any atom is -0.342 e. The second kappa shape index (κ2) is 3.54. The maximum atomic E-state index is 11.2.